The Morgan fingerprint density at radius 2 is 1.94 bits per heavy atom. The molecule has 2 amide bonds. The molecule has 0 aliphatic heterocycles. The zero-order chi connectivity index (χ0) is 13.1. The fourth-order valence-corrected chi connectivity index (χ4v) is 1.77. The van der Waals surface area contributed by atoms with Crippen LogP contribution >= 0.6 is 0 Å². The van der Waals surface area contributed by atoms with Crippen LogP contribution in [0.2, 0.25) is 0 Å². The summed E-state index contributed by atoms with van der Waals surface area (Å²) in [6, 6.07) is -1.79. The van der Waals surface area contributed by atoms with Crippen LogP contribution in [-0.2, 0) is 4.79 Å². The monoisotopic (exact) mass is 244 g/mol. The first-order valence-corrected chi connectivity index (χ1v) is 5.79. The van der Waals surface area contributed by atoms with Crippen molar-refractivity contribution in [2.45, 2.75) is 32.7 Å². The van der Waals surface area contributed by atoms with E-state index in [2.05, 4.69) is 24.5 Å². The number of rotatable bonds is 6. The SMILES string of the molecule is CC(C)C1(CNC(=O)N[C@@H](CO)C(=O)O)CC1. The number of carboxylic acid groups (broad SMARTS) is 1. The summed E-state index contributed by atoms with van der Waals surface area (Å²) < 4.78 is 0. The van der Waals surface area contributed by atoms with E-state index in [1.807, 2.05) is 0 Å². The Kier molecular flexibility index (Phi) is 4.34. The van der Waals surface area contributed by atoms with Crippen LogP contribution in [0.5, 0.6) is 0 Å². The molecule has 0 heterocycles. The predicted octanol–water partition coefficient (Wildman–Crippen LogP) is 0.167. The van der Waals surface area contributed by atoms with Gasteiger partial charge in [-0.15, -0.1) is 0 Å². The molecule has 1 rings (SSSR count). The number of amides is 2. The van der Waals surface area contributed by atoms with Gasteiger partial charge in [-0.3, -0.25) is 0 Å². The molecule has 0 spiro atoms. The van der Waals surface area contributed by atoms with Crippen LogP contribution < -0.4 is 10.6 Å². The molecule has 1 atom stereocenters. The molecular formula is C11H20N2O4. The van der Waals surface area contributed by atoms with Crippen LogP contribution in [-0.4, -0.2) is 41.4 Å². The molecule has 1 fully saturated rings. The highest BCUT2D eigenvalue weighted by atomic mass is 16.4. The van der Waals surface area contributed by atoms with Crippen LogP contribution in [0.3, 0.4) is 0 Å². The van der Waals surface area contributed by atoms with Gasteiger partial charge in [0.15, 0.2) is 6.04 Å². The third-order valence-electron chi connectivity index (χ3n) is 3.50. The Morgan fingerprint density at radius 3 is 2.29 bits per heavy atom. The van der Waals surface area contributed by atoms with Gasteiger partial charge in [0.1, 0.15) is 0 Å². The van der Waals surface area contributed by atoms with Crippen molar-refractivity contribution in [3.8, 4) is 0 Å². The van der Waals surface area contributed by atoms with E-state index in [0.717, 1.165) is 12.8 Å². The molecule has 4 N–H and O–H groups in total. The Balaban J connectivity index is 2.33. The summed E-state index contributed by atoms with van der Waals surface area (Å²) in [5.74, 6) is -0.747. The van der Waals surface area contributed by atoms with Gasteiger partial charge in [0.2, 0.25) is 0 Å². The van der Waals surface area contributed by atoms with Crippen molar-refractivity contribution in [2.24, 2.45) is 11.3 Å². The van der Waals surface area contributed by atoms with E-state index in [-0.39, 0.29) is 5.41 Å². The summed E-state index contributed by atoms with van der Waals surface area (Å²) in [6.45, 7) is 4.16. The molecule has 17 heavy (non-hydrogen) atoms. The predicted molar refractivity (Wildman–Crippen MR) is 61.5 cm³/mol. The van der Waals surface area contributed by atoms with Gasteiger partial charge in [-0.05, 0) is 24.2 Å². The number of urea groups is 1. The van der Waals surface area contributed by atoms with Crippen LogP contribution in [0.15, 0.2) is 0 Å². The lowest BCUT2D eigenvalue weighted by Crippen LogP contribution is -2.49. The number of hydrogen-bond donors (Lipinski definition) is 4. The number of hydrogen-bond acceptors (Lipinski definition) is 3. The van der Waals surface area contributed by atoms with Gasteiger partial charge < -0.3 is 20.8 Å². The van der Waals surface area contributed by atoms with Gasteiger partial charge in [-0.2, -0.15) is 0 Å². The highest BCUT2D eigenvalue weighted by Gasteiger charge is 2.45. The second-order valence-corrected chi connectivity index (χ2v) is 4.92. The number of aliphatic carboxylic acids is 1. The normalized spacial score (nSPS) is 18.6. The minimum absolute atomic E-state index is 0.176. The van der Waals surface area contributed by atoms with E-state index in [0.29, 0.717) is 12.5 Å². The molecule has 1 aliphatic rings. The van der Waals surface area contributed by atoms with E-state index in [1.54, 1.807) is 0 Å². The highest BCUT2D eigenvalue weighted by Crippen LogP contribution is 2.51. The number of carbonyl (C=O) groups excluding carboxylic acids is 1. The molecule has 6 heteroatoms. The minimum Gasteiger partial charge on any atom is -0.480 e. The molecule has 0 aromatic heterocycles. The Labute approximate surface area is 100 Å². The molecule has 98 valence electrons. The fraction of sp³-hybridized carbons (Fsp3) is 0.818. The second kappa shape index (κ2) is 5.35. The number of nitrogens with one attached hydrogen (secondary N) is 2. The van der Waals surface area contributed by atoms with Crippen molar-refractivity contribution >= 4 is 12.0 Å². The third-order valence-corrected chi connectivity index (χ3v) is 3.50. The van der Waals surface area contributed by atoms with Crippen LogP contribution in [0.1, 0.15) is 26.7 Å². The van der Waals surface area contributed by atoms with E-state index in [4.69, 9.17) is 10.2 Å². The number of carbonyl (C=O) groups is 2. The van der Waals surface area contributed by atoms with Gasteiger partial charge in [-0.25, -0.2) is 9.59 Å². The molecule has 6 nitrogen and oxygen atoms in total. The zero-order valence-electron chi connectivity index (χ0n) is 10.2. The molecular weight excluding hydrogens is 224 g/mol. The Morgan fingerprint density at radius 1 is 1.35 bits per heavy atom. The minimum atomic E-state index is -1.25. The summed E-state index contributed by atoms with van der Waals surface area (Å²) in [5.41, 5.74) is 0.176. The van der Waals surface area contributed by atoms with Crippen molar-refractivity contribution in [2.75, 3.05) is 13.2 Å². The van der Waals surface area contributed by atoms with Gasteiger partial charge in [-0.1, -0.05) is 13.8 Å². The molecule has 1 aliphatic carbocycles. The number of carboxylic acids is 1. The molecule has 1 saturated carbocycles. The smallest absolute Gasteiger partial charge is 0.328 e. The summed E-state index contributed by atoms with van der Waals surface area (Å²) in [6.07, 6.45) is 2.18. The van der Waals surface area contributed by atoms with E-state index in [1.165, 1.54) is 0 Å². The standard InChI is InChI=1S/C11H20N2O4/c1-7(2)11(3-4-11)6-12-10(17)13-8(5-14)9(15)16/h7-8,14H,3-6H2,1-2H3,(H,15,16)(H2,12,13,17)/t8-/m0/s1. The third kappa shape index (κ3) is 3.59. The summed E-state index contributed by atoms with van der Waals surface area (Å²) in [7, 11) is 0. The van der Waals surface area contributed by atoms with Crippen molar-refractivity contribution in [1.82, 2.24) is 10.6 Å². The Bertz CT molecular complexity index is 300. The first-order valence-electron chi connectivity index (χ1n) is 5.79. The van der Waals surface area contributed by atoms with E-state index >= 15 is 0 Å². The lowest BCUT2D eigenvalue weighted by Gasteiger charge is -2.21. The van der Waals surface area contributed by atoms with Crippen molar-refractivity contribution in [3.63, 3.8) is 0 Å². The largest absolute Gasteiger partial charge is 0.480 e. The van der Waals surface area contributed by atoms with Gasteiger partial charge in [0.05, 0.1) is 6.61 Å². The first-order chi connectivity index (χ1) is 7.91. The molecule has 0 aromatic rings. The van der Waals surface area contributed by atoms with Crippen LogP contribution in [0.4, 0.5) is 4.79 Å². The molecule has 0 saturated heterocycles. The maximum Gasteiger partial charge on any atom is 0.328 e. The summed E-state index contributed by atoms with van der Waals surface area (Å²) in [5, 5.41) is 22.3. The molecule has 0 unspecified atom stereocenters. The topological polar surface area (TPSA) is 98.7 Å². The molecule has 0 radical (unpaired) electrons. The van der Waals surface area contributed by atoms with E-state index in [9.17, 15) is 9.59 Å². The van der Waals surface area contributed by atoms with Crippen molar-refractivity contribution in [3.05, 3.63) is 0 Å². The van der Waals surface area contributed by atoms with Gasteiger partial charge >= 0.3 is 12.0 Å². The van der Waals surface area contributed by atoms with Crippen molar-refractivity contribution < 1.29 is 19.8 Å². The Hall–Kier alpha value is -1.30. The van der Waals surface area contributed by atoms with Crippen LogP contribution in [0, 0.1) is 11.3 Å². The number of aliphatic hydroxyl groups is 1. The van der Waals surface area contributed by atoms with Gasteiger partial charge in [0.25, 0.3) is 0 Å². The summed E-state index contributed by atoms with van der Waals surface area (Å²) >= 11 is 0. The average molecular weight is 244 g/mol. The lowest BCUT2D eigenvalue weighted by molar-refractivity contribution is -0.140. The average Bonchev–Trinajstić information content (AvgIpc) is 3.03. The second-order valence-electron chi connectivity index (χ2n) is 4.92. The van der Waals surface area contributed by atoms with Crippen molar-refractivity contribution in [1.29, 1.82) is 0 Å². The van der Waals surface area contributed by atoms with Crippen LogP contribution in [0.25, 0.3) is 0 Å². The highest BCUT2D eigenvalue weighted by molar-refractivity contribution is 5.82. The van der Waals surface area contributed by atoms with E-state index < -0.39 is 24.6 Å². The molecule has 0 aromatic carbocycles. The maximum absolute atomic E-state index is 11.4. The molecule has 0 bridgehead atoms. The number of aliphatic hydroxyl groups excluding tert-OH is 1. The maximum atomic E-state index is 11.4. The first kappa shape index (κ1) is 13.8. The summed E-state index contributed by atoms with van der Waals surface area (Å²) in [4.78, 5) is 22.0. The quantitative estimate of drug-likeness (QED) is 0.535. The lowest BCUT2D eigenvalue weighted by atomic mass is 9.92. The fourth-order valence-electron chi connectivity index (χ4n) is 1.77. The van der Waals surface area contributed by atoms with Gasteiger partial charge in [0, 0.05) is 6.54 Å². The zero-order valence-corrected chi connectivity index (χ0v) is 10.2.